The second kappa shape index (κ2) is 8.78. The van der Waals surface area contributed by atoms with Crippen molar-refractivity contribution in [3.05, 3.63) is 63.7 Å². The first-order valence-electron chi connectivity index (χ1n) is 9.24. The molecule has 0 aliphatic rings. The Labute approximate surface area is 185 Å². The number of amides is 1. The van der Waals surface area contributed by atoms with Crippen LogP contribution in [0.3, 0.4) is 0 Å². The Kier molecular flexibility index (Phi) is 5.92. The van der Waals surface area contributed by atoms with Crippen LogP contribution in [0.5, 0.6) is 0 Å². The number of aromatic nitrogens is 3. The number of nitro groups is 1. The second-order valence-electron chi connectivity index (χ2n) is 6.48. The van der Waals surface area contributed by atoms with E-state index < -0.39 is 4.92 Å². The zero-order valence-electron chi connectivity index (χ0n) is 16.2. The monoisotopic (exact) mass is 457 g/mol. The van der Waals surface area contributed by atoms with Crippen molar-refractivity contribution in [1.29, 1.82) is 0 Å². The van der Waals surface area contributed by atoms with E-state index in [9.17, 15) is 14.9 Å². The standard InChI is InChI=1S/C20H16ClN5O4S/c1-2-25-19(17-10-12-9-13(21)3-8-16(12)30-17)23-24-20(25)31-11-18(27)22-14-4-6-15(7-5-14)26(28)29/h3-10H,2,11H2,1H3,(H,22,27). The highest BCUT2D eigenvalue weighted by Crippen LogP contribution is 2.30. The number of thioether (sulfide) groups is 1. The number of nitrogens with one attached hydrogen (secondary N) is 1. The average molecular weight is 458 g/mol. The van der Waals surface area contributed by atoms with Gasteiger partial charge < -0.3 is 9.73 Å². The summed E-state index contributed by atoms with van der Waals surface area (Å²) in [7, 11) is 0. The molecule has 4 rings (SSSR count). The highest BCUT2D eigenvalue weighted by Gasteiger charge is 2.18. The number of rotatable bonds is 7. The van der Waals surface area contributed by atoms with Crippen molar-refractivity contribution in [2.75, 3.05) is 11.1 Å². The number of nitro benzene ring substituents is 1. The number of anilines is 1. The van der Waals surface area contributed by atoms with Crippen LogP contribution in [0.1, 0.15) is 6.92 Å². The van der Waals surface area contributed by atoms with E-state index in [4.69, 9.17) is 16.0 Å². The summed E-state index contributed by atoms with van der Waals surface area (Å²) in [6.45, 7) is 2.54. The molecule has 0 atom stereocenters. The van der Waals surface area contributed by atoms with Crippen LogP contribution in [0.2, 0.25) is 5.02 Å². The molecular weight excluding hydrogens is 442 g/mol. The van der Waals surface area contributed by atoms with Crippen molar-refractivity contribution in [2.45, 2.75) is 18.6 Å². The maximum atomic E-state index is 12.3. The van der Waals surface area contributed by atoms with Gasteiger partial charge in [-0.25, -0.2) is 0 Å². The predicted molar refractivity (Wildman–Crippen MR) is 118 cm³/mol. The van der Waals surface area contributed by atoms with Gasteiger partial charge in [0, 0.05) is 34.8 Å². The van der Waals surface area contributed by atoms with Crippen molar-refractivity contribution in [1.82, 2.24) is 14.8 Å². The lowest BCUT2D eigenvalue weighted by Gasteiger charge is -2.07. The number of benzene rings is 2. The number of non-ortho nitro benzene ring substituents is 1. The molecule has 0 radical (unpaired) electrons. The molecule has 0 aliphatic heterocycles. The third-order valence-electron chi connectivity index (χ3n) is 4.43. The fourth-order valence-corrected chi connectivity index (χ4v) is 3.96. The minimum Gasteiger partial charge on any atom is -0.453 e. The Morgan fingerprint density at radius 1 is 1.23 bits per heavy atom. The Morgan fingerprint density at radius 3 is 2.71 bits per heavy atom. The highest BCUT2D eigenvalue weighted by atomic mass is 35.5. The molecule has 0 spiro atoms. The largest absolute Gasteiger partial charge is 0.453 e. The molecule has 2 heterocycles. The van der Waals surface area contributed by atoms with Gasteiger partial charge in [-0.3, -0.25) is 19.5 Å². The van der Waals surface area contributed by atoms with E-state index in [-0.39, 0.29) is 17.3 Å². The molecule has 0 fully saturated rings. The Hall–Kier alpha value is -3.37. The lowest BCUT2D eigenvalue weighted by molar-refractivity contribution is -0.384. The molecule has 1 N–H and O–H groups in total. The normalized spacial score (nSPS) is 11.0. The average Bonchev–Trinajstić information content (AvgIpc) is 3.35. The molecule has 2 aromatic heterocycles. The van der Waals surface area contributed by atoms with Gasteiger partial charge in [-0.1, -0.05) is 23.4 Å². The van der Waals surface area contributed by atoms with Crippen LogP contribution in [-0.4, -0.2) is 31.3 Å². The maximum absolute atomic E-state index is 12.3. The van der Waals surface area contributed by atoms with Crippen LogP contribution in [0.15, 0.2) is 58.1 Å². The molecule has 4 aromatic rings. The summed E-state index contributed by atoms with van der Waals surface area (Å²) in [5.41, 5.74) is 1.14. The topological polar surface area (TPSA) is 116 Å². The van der Waals surface area contributed by atoms with Gasteiger partial charge in [-0.05, 0) is 43.3 Å². The van der Waals surface area contributed by atoms with Gasteiger partial charge in [0.2, 0.25) is 11.7 Å². The summed E-state index contributed by atoms with van der Waals surface area (Å²) in [6, 6.07) is 12.9. The van der Waals surface area contributed by atoms with Gasteiger partial charge >= 0.3 is 0 Å². The van der Waals surface area contributed by atoms with E-state index in [0.29, 0.717) is 39.6 Å². The van der Waals surface area contributed by atoms with Crippen LogP contribution in [-0.2, 0) is 11.3 Å². The third-order valence-corrected chi connectivity index (χ3v) is 5.63. The van der Waals surface area contributed by atoms with Crippen molar-refractivity contribution < 1.29 is 14.1 Å². The van der Waals surface area contributed by atoms with Gasteiger partial charge in [0.05, 0.1) is 10.7 Å². The number of carbonyl (C=O) groups excluding carboxylic acids is 1. The first-order valence-corrected chi connectivity index (χ1v) is 10.6. The van der Waals surface area contributed by atoms with Crippen LogP contribution in [0, 0.1) is 10.1 Å². The quantitative estimate of drug-likeness (QED) is 0.235. The van der Waals surface area contributed by atoms with E-state index in [2.05, 4.69) is 15.5 Å². The summed E-state index contributed by atoms with van der Waals surface area (Å²) < 4.78 is 7.74. The minimum absolute atomic E-state index is 0.0381. The molecule has 0 saturated heterocycles. The third kappa shape index (κ3) is 4.54. The van der Waals surface area contributed by atoms with E-state index in [0.717, 1.165) is 5.39 Å². The summed E-state index contributed by atoms with van der Waals surface area (Å²) in [5.74, 6) is 0.969. The first kappa shape index (κ1) is 20.9. The number of halogens is 1. The number of nitrogens with zero attached hydrogens (tertiary/aromatic N) is 4. The predicted octanol–water partition coefficient (Wildman–Crippen LogP) is 5.00. The molecular formula is C20H16ClN5O4S. The molecule has 1 amide bonds. The number of hydrogen-bond donors (Lipinski definition) is 1. The number of fused-ring (bicyclic) bond motifs is 1. The molecule has 0 bridgehead atoms. The fraction of sp³-hybridized carbons (Fsp3) is 0.150. The summed E-state index contributed by atoms with van der Waals surface area (Å²) >= 11 is 7.28. The number of furan rings is 1. The smallest absolute Gasteiger partial charge is 0.269 e. The fourth-order valence-electron chi connectivity index (χ4n) is 2.98. The van der Waals surface area contributed by atoms with Gasteiger partial charge in [0.1, 0.15) is 5.58 Å². The van der Waals surface area contributed by atoms with Gasteiger partial charge in [0.15, 0.2) is 10.9 Å². The van der Waals surface area contributed by atoms with Crippen molar-refractivity contribution in [2.24, 2.45) is 0 Å². The molecule has 158 valence electrons. The molecule has 9 nitrogen and oxygen atoms in total. The van der Waals surface area contributed by atoms with Crippen molar-refractivity contribution in [3.8, 4) is 11.6 Å². The van der Waals surface area contributed by atoms with Crippen LogP contribution >= 0.6 is 23.4 Å². The molecule has 0 saturated carbocycles. The Balaban J connectivity index is 1.45. The second-order valence-corrected chi connectivity index (χ2v) is 7.86. The van der Waals surface area contributed by atoms with Crippen LogP contribution in [0.4, 0.5) is 11.4 Å². The van der Waals surface area contributed by atoms with Crippen LogP contribution in [0.25, 0.3) is 22.6 Å². The van der Waals surface area contributed by atoms with Crippen LogP contribution < -0.4 is 5.32 Å². The number of carbonyl (C=O) groups is 1. The lowest BCUT2D eigenvalue weighted by Crippen LogP contribution is -2.14. The zero-order valence-corrected chi connectivity index (χ0v) is 17.8. The highest BCUT2D eigenvalue weighted by molar-refractivity contribution is 7.99. The van der Waals surface area contributed by atoms with Gasteiger partial charge in [-0.2, -0.15) is 0 Å². The Morgan fingerprint density at radius 2 is 2.00 bits per heavy atom. The van der Waals surface area contributed by atoms with E-state index >= 15 is 0 Å². The molecule has 2 aromatic carbocycles. The summed E-state index contributed by atoms with van der Waals surface area (Å²) in [6.07, 6.45) is 0. The van der Waals surface area contributed by atoms with E-state index in [1.165, 1.54) is 36.0 Å². The minimum atomic E-state index is -0.493. The van der Waals surface area contributed by atoms with Gasteiger partial charge in [-0.15, -0.1) is 10.2 Å². The van der Waals surface area contributed by atoms with Gasteiger partial charge in [0.25, 0.3) is 5.69 Å². The van der Waals surface area contributed by atoms with E-state index in [1.54, 1.807) is 12.1 Å². The Bertz CT molecular complexity index is 1270. The molecule has 0 aliphatic carbocycles. The van der Waals surface area contributed by atoms with E-state index in [1.807, 2.05) is 23.6 Å². The molecule has 0 unspecified atom stereocenters. The number of hydrogen-bond acceptors (Lipinski definition) is 7. The molecule has 31 heavy (non-hydrogen) atoms. The molecule has 11 heteroatoms. The SMILES string of the molecule is CCn1c(SCC(=O)Nc2ccc([N+](=O)[O-])cc2)nnc1-c1cc2cc(Cl)ccc2o1. The summed E-state index contributed by atoms with van der Waals surface area (Å²) in [5, 5.41) is 23.9. The van der Waals surface area contributed by atoms with Crippen molar-refractivity contribution in [3.63, 3.8) is 0 Å². The lowest BCUT2D eigenvalue weighted by atomic mass is 10.2. The maximum Gasteiger partial charge on any atom is 0.269 e. The first-order chi connectivity index (χ1) is 14.9. The zero-order chi connectivity index (χ0) is 22.0. The van der Waals surface area contributed by atoms with Crippen molar-refractivity contribution >= 4 is 51.6 Å². The summed E-state index contributed by atoms with van der Waals surface area (Å²) in [4.78, 5) is 22.5.